The highest BCUT2D eigenvalue weighted by molar-refractivity contribution is 5.18. The molecule has 1 nitrogen and oxygen atoms in total. The molecule has 0 aliphatic heterocycles. The Hall–Kier alpha value is -0.980. The smallest absolute Gasteiger partial charge is 0.0115 e. The molecule has 0 rings (SSSR count). The molecule has 0 amide bonds. The zero-order chi connectivity index (χ0) is 11.0. The molecule has 0 unspecified atom stereocenters. The lowest BCUT2D eigenvalue weighted by Gasteiger charge is -2.06. The Bertz CT molecular complexity index is 221. The summed E-state index contributed by atoms with van der Waals surface area (Å²) in [6.45, 7) is 13.5. The van der Waals surface area contributed by atoms with E-state index in [2.05, 4.69) is 57.8 Å². The van der Waals surface area contributed by atoms with E-state index < -0.39 is 0 Å². The molecule has 0 heterocycles. The van der Waals surface area contributed by atoms with Gasteiger partial charge in [-0.3, -0.25) is 0 Å². The van der Waals surface area contributed by atoms with E-state index in [1.165, 1.54) is 11.3 Å². The summed E-state index contributed by atoms with van der Waals surface area (Å²) < 4.78 is 0. The number of allylic oxidation sites excluding steroid dienone is 4. The summed E-state index contributed by atoms with van der Waals surface area (Å²) >= 11 is 0. The topological polar surface area (TPSA) is 12.0 Å². The van der Waals surface area contributed by atoms with Gasteiger partial charge in [0.2, 0.25) is 0 Å². The normalized spacial score (nSPS) is 12.5. The molecule has 0 saturated carbocycles. The van der Waals surface area contributed by atoms with E-state index in [1.807, 2.05) is 0 Å². The lowest BCUT2D eigenvalue weighted by Crippen LogP contribution is -2.11. The van der Waals surface area contributed by atoms with Crippen molar-refractivity contribution in [3.63, 3.8) is 0 Å². The fourth-order valence-corrected chi connectivity index (χ4v) is 1.05. The highest BCUT2D eigenvalue weighted by Crippen LogP contribution is 2.09. The third-order valence-electron chi connectivity index (χ3n) is 2.16. The second-order valence-corrected chi connectivity index (χ2v) is 3.68. The van der Waals surface area contributed by atoms with Gasteiger partial charge in [0.25, 0.3) is 0 Å². The van der Waals surface area contributed by atoms with E-state index in [9.17, 15) is 0 Å². The van der Waals surface area contributed by atoms with Crippen molar-refractivity contribution in [2.45, 2.75) is 34.1 Å². The monoisotopic (exact) mass is 193 g/mol. The van der Waals surface area contributed by atoms with Crippen LogP contribution in [0.4, 0.5) is 0 Å². The molecule has 14 heavy (non-hydrogen) atoms. The highest BCUT2D eigenvalue weighted by Gasteiger charge is 1.94. The quantitative estimate of drug-likeness (QED) is 0.635. The largest absolute Gasteiger partial charge is 0.389 e. The number of hydrogen-bond donors (Lipinski definition) is 1. The van der Waals surface area contributed by atoms with Crippen molar-refractivity contribution < 1.29 is 0 Å². The molecular formula is C13H23N. The van der Waals surface area contributed by atoms with Gasteiger partial charge in [-0.25, -0.2) is 0 Å². The summed E-state index contributed by atoms with van der Waals surface area (Å²) in [5, 5.41) is 3.32. The average molecular weight is 193 g/mol. The molecule has 0 aromatic rings. The van der Waals surface area contributed by atoms with Gasteiger partial charge in [0, 0.05) is 18.7 Å². The molecule has 0 aliphatic carbocycles. The van der Waals surface area contributed by atoms with E-state index in [0.717, 1.165) is 13.0 Å². The Balaban J connectivity index is 3.97. The van der Waals surface area contributed by atoms with Crippen molar-refractivity contribution in [2.75, 3.05) is 6.54 Å². The molecule has 0 saturated heterocycles. The summed E-state index contributed by atoms with van der Waals surface area (Å²) in [6, 6.07) is 0. The Morgan fingerprint density at radius 3 is 2.50 bits per heavy atom. The van der Waals surface area contributed by atoms with E-state index in [1.54, 1.807) is 0 Å². The van der Waals surface area contributed by atoms with Crippen molar-refractivity contribution in [2.24, 2.45) is 5.92 Å². The third-order valence-corrected chi connectivity index (χ3v) is 2.16. The zero-order valence-corrected chi connectivity index (χ0v) is 9.93. The van der Waals surface area contributed by atoms with Gasteiger partial charge < -0.3 is 5.32 Å². The molecular weight excluding hydrogens is 170 g/mol. The first-order valence-electron chi connectivity index (χ1n) is 5.36. The summed E-state index contributed by atoms with van der Waals surface area (Å²) in [7, 11) is 0. The van der Waals surface area contributed by atoms with Crippen LogP contribution in [0.3, 0.4) is 0 Å². The molecule has 80 valence electrons. The minimum Gasteiger partial charge on any atom is -0.389 e. The van der Waals surface area contributed by atoms with Crippen LogP contribution in [0.15, 0.2) is 36.1 Å². The maximum absolute atomic E-state index is 4.00. The zero-order valence-electron chi connectivity index (χ0n) is 9.93. The average Bonchev–Trinajstić information content (AvgIpc) is 2.16. The molecule has 1 heteroatoms. The van der Waals surface area contributed by atoms with Crippen LogP contribution in [-0.4, -0.2) is 6.54 Å². The standard InChI is InChI=1S/C13H23N/c1-6-13(14-7-2)10-8-9-12(5)11(3)4/h6,8-9,11,14H,5,7,10H2,1-4H3/b9-8-,13-6+. The highest BCUT2D eigenvalue weighted by atomic mass is 14.9. The number of nitrogens with one attached hydrogen (secondary N) is 1. The van der Waals surface area contributed by atoms with Crippen molar-refractivity contribution >= 4 is 0 Å². The molecule has 1 N–H and O–H groups in total. The first kappa shape index (κ1) is 13.0. The minimum absolute atomic E-state index is 0.541. The second kappa shape index (κ2) is 7.43. The van der Waals surface area contributed by atoms with E-state index in [4.69, 9.17) is 0 Å². The van der Waals surface area contributed by atoms with Gasteiger partial charge in [-0.05, 0) is 19.8 Å². The van der Waals surface area contributed by atoms with Crippen molar-refractivity contribution in [1.29, 1.82) is 0 Å². The van der Waals surface area contributed by atoms with E-state index in [0.29, 0.717) is 5.92 Å². The summed E-state index contributed by atoms with van der Waals surface area (Å²) in [5.41, 5.74) is 2.47. The number of rotatable bonds is 6. The molecule has 0 aromatic carbocycles. The van der Waals surface area contributed by atoms with Gasteiger partial charge in [-0.2, -0.15) is 0 Å². The van der Waals surface area contributed by atoms with Gasteiger partial charge in [0.15, 0.2) is 0 Å². The first-order chi connectivity index (χ1) is 6.61. The van der Waals surface area contributed by atoms with Crippen LogP contribution in [0.2, 0.25) is 0 Å². The van der Waals surface area contributed by atoms with Gasteiger partial charge in [-0.15, -0.1) is 0 Å². The van der Waals surface area contributed by atoms with E-state index in [-0.39, 0.29) is 0 Å². The molecule has 0 atom stereocenters. The fraction of sp³-hybridized carbons (Fsp3) is 0.538. The van der Waals surface area contributed by atoms with Crippen molar-refractivity contribution in [3.8, 4) is 0 Å². The first-order valence-corrected chi connectivity index (χ1v) is 5.36. The maximum atomic E-state index is 4.00. The molecule has 0 bridgehead atoms. The fourth-order valence-electron chi connectivity index (χ4n) is 1.05. The van der Waals surface area contributed by atoms with Crippen LogP contribution < -0.4 is 5.32 Å². The Kier molecular flexibility index (Phi) is 6.91. The van der Waals surface area contributed by atoms with Crippen LogP contribution in [0.5, 0.6) is 0 Å². The van der Waals surface area contributed by atoms with Crippen molar-refractivity contribution in [3.05, 3.63) is 36.1 Å². The predicted octanol–water partition coefficient (Wildman–Crippen LogP) is 3.66. The third kappa shape index (κ3) is 5.63. The second-order valence-electron chi connectivity index (χ2n) is 3.68. The van der Waals surface area contributed by atoms with Crippen LogP contribution in [-0.2, 0) is 0 Å². The van der Waals surface area contributed by atoms with Crippen LogP contribution in [0.1, 0.15) is 34.1 Å². The maximum Gasteiger partial charge on any atom is 0.0115 e. The minimum atomic E-state index is 0.541. The number of hydrogen-bond acceptors (Lipinski definition) is 1. The van der Waals surface area contributed by atoms with Crippen LogP contribution >= 0.6 is 0 Å². The Morgan fingerprint density at radius 1 is 1.43 bits per heavy atom. The van der Waals surface area contributed by atoms with Gasteiger partial charge in [0.1, 0.15) is 0 Å². The van der Waals surface area contributed by atoms with Crippen LogP contribution in [0.25, 0.3) is 0 Å². The lowest BCUT2D eigenvalue weighted by atomic mass is 10.0. The SMILES string of the molecule is C=C(/C=C\C/C(=C\C)NCC)C(C)C. The predicted molar refractivity (Wildman–Crippen MR) is 65.2 cm³/mol. The summed E-state index contributed by atoms with van der Waals surface area (Å²) in [4.78, 5) is 0. The molecule has 0 radical (unpaired) electrons. The van der Waals surface area contributed by atoms with Gasteiger partial charge >= 0.3 is 0 Å². The van der Waals surface area contributed by atoms with Crippen molar-refractivity contribution in [1.82, 2.24) is 5.32 Å². The van der Waals surface area contributed by atoms with Gasteiger partial charge in [-0.1, -0.05) is 44.2 Å². The lowest BCUT2D eigenvalue weighted by molar-refractivity contribution is 0.791. The van der Waals surface area contributed by atoms with E-state index >= 15 is 0 Å². The molecule has 0 fully saturated rings. The molecule has 0 aromatic heterocycles. The Morgan fingerprint density at radius 2 is 2.07 bits per heavy atom. The van der Waals surface area contributed by atoms with Gasteiger partial charge in [0.05, 0.1) is 0 Å². The van der Waals surface area contributed by atoms with Crippen LogP contribution in [0, 0.1) is 5.92 Å². The molecule has 0 spiro atoms. The summed E-state index contributed by atoms with van der Waals surface area (Å²) in [6.07, 6.45) is 7.37. The Labute approximate surface area is 88.6 Å². The molecule has 0 aliphatic rings. The summed E-state index contributed by atoms with van der Waals surface area (Å²) in [5.74, 6) is 0.541.